The van der Waals surface area contributed by atoms with Gasteiger partial charge in [0, 0.05) is 11.3 Å². The molecule has 1 saturated carbocycles. The zero-order valence-corrected chi connectivity index (χ0v) is 14.8. The van der Waals surface area contributed by atoms with E-state index in [2.05, 4.69) is 16.0 Å². The minimum absolute atomic E-state index is 0.0354. The summed E-state index contributed by atoms with van der Waals surface area (Å²) in [5.74, 6) is 0. The quantitative estimate of drug-likeness (QED) is 0.879. The summed E-state index contributed by atoms with van der Waals surface area (Å²) in [6.07, 6.45) is 7.80. The zero-order chi connectivity index (χ0) is 14.8. The molecule has 4 nitrogen and oxygen atoms in total. The lowest BCUT2D eigenvalue weighted by Crippen LogP contribution is -2.41. The maximum Gasteiger partial charge on any atom is 0.252 e. The van der Waals surface area contributed by atoms with Gasteiger partial charge in [0.15, 0.2) is 8.68 Å². The van der Waals surface area contributed by atoms with Gasteiger partial charge in [-0.3, -0.25) is 0 Å². The van der Waals surface area contributed by atoms with Crippen LogP contribution in [0.15, 0.2) is 4.21 Å². The molecule has 2 rings (SSSR count). The highest BCUT2D eigenvalue weighted by Gasteiger charge is 2.33. The number of hydrogen-bond acceptors (Lipinski definition) is 5. The molecule has 1 heterocycles. The molecular formula is C12H19ClN2O2S3. The van der Waals surface area contributed by atoms with Crippen LogP contribution in [0.1, 0.15) is 37.8 Å². The van der Waals surface area contributed by atoms with Gasteiger partial charge in [-0.05, 0) is 26.0 Å². The molecule has 1 N–H and O–H groups in total. The van der Waals surface area contributed by atoms with Crippen LogP contribution < -0.4 is 4.72 Å². The molecule has 0 spiro atoms. The minimum Gasteiger partial charge on any atom is -0.229 e. The van der Waals surface area contributed by atoms with Crippen molar-refractivity contribution in [3.63, 3.8) is 0 Å². The fourth-order valence-corrected chi connectivity index (χ4v) is 6.45. The smallest absolute Gasteiger partial charge is 0.229 e. The van der Waals surface area contributed by atoms with Crippen LogP contribution in [-0.4, -0.2) is 30.9 Å². The fraction of sp³-hybridized carbons (Fsp3) is 0.750. The molecule has 20 heavy (non-hydrogen) atoms. The van der Waals surface area contributed by atoms with Gasteiger partial charge in [-0.25, -0.2) is 18.1 Å². The number of thiazole rings is 1. The number of halogens is 1. The number of sulfonamides is 1. The monoisotopic (exact) mass is 354 g/mol. The van der Waals surface area contributed by atoms with Crippen molar-refractivity contribution in [2.24, 2.45) is 0 Å². The Morgan fingerprint density at radius 1 is 1.40 bits per heavy atom. The second-order valence-corrected chi connectivity index (χ2v) is 9.93. The first kappa shape index (κ1) is 16.5. The van der Waals surface area contributed by atoms with Crippen LogP contribution >= 0.6 is 34.7 Å². The van der Waals surface area contributed by atoms with E-state index in [0.717, 1.165) is 24.2 Å². The highest BCUT2D eigenvalue weighted by molar-refractivity contribution is 8.00. The van der Waals surface area contributed by atoms with Crippen molar-refractivity contribution >= 4 is 44.7 Å². The topological polar surface area (TPSA) is 59.1 Å². The number of rotatable bonds is 5. The second-order valence-electron chi connectivity index (χ2n) is 5.11. The highest BCUT2D eigenvalue weighted by Crippen LogP contribution is 2.38. The molecular weight excluding hydrogens is 336 g/mol. The van der Waals surface area contributed by atoms with Crippen LogP contribution in [0.25, 0.3) is 0 Å². The number of nitrogens with zero attached hydrogens (tertiary/aromatic N) is 1. The Balaban J connectivity index is 2.10. The molecule has 114 valence electrons. The summed E-state index contributed by atoms with van der Waals surface area (Å²) in [4.78, 5) is 3.97. The Morgan fingerprint density at radius 3 is 2.55 bits per heavy atom. The van der Waals surface area contributed by atoms with Crippen LogP contribution in [0.2, 0.25) is 4.47 Å². The van der Waals surface area contributed by atoms with E-state index in [9.17, 15) is 8.42 Å². The Bertz CT molecular complexity index is 565. The molecule has 1 aliphatic rings. The lowest BCUT2D eigenvalue weighted by atomic mass is 9.88. The number of aromatic nitrogens is 1. The summed E-state index contributed by atoms with van der Waals surface area (Å²) in [5, 5.41) is 0. The number of thioether (sulfide) groups is 1. The fourth-order valence-electron chi connectivity index (χ4n) is 2.54. The van der Waals surface area contributed by atoms with Gasteiger partial charge >= 0.3 is 0 Å². The predicted octanol–water partition coefficient (Wildman–Crippen LogP) is 3.45. The van der Waals surface area contributed by atoms with E-state index in [0.29, 0.717) is 12.2 Å². The summed E-state index contributed by atoms with van der Waals surface area (Å²) < 4.78 is 28.0. The zero-order valence-electron chi connectivity index (χ0n) is 11.6. The predicted molar refractivity (Wildman–Crippen MR) is 86.4 cm³/mol. The Morgan fingerprint density at radius 2 is 2.05 bits per heavy atom. The SMILES string of the molecule is CSC1(CNS(=O)(=O)c2sc(Cl)nc2C)CCCCC1. The second kappa shape index (κ2) is 6.52. The van der Waals surface area contributed by atoms with E-state index >= 15 is 0 Å². The molecule has 0 bridgehead atoms. The molecule has 0 atom stereocenters. The van der Waals surface area contributed by atoms with Gasteiger partial charge in [-0.2, -0.15) is 11.8 Å². The molecule has 0 aliphatic heterocycles. The maximum absolute atomic E-state index is 12.4. The summed E-state index contributed by atoms with van der Waals surface area (Å²) >= 11 is 8.57. The standard InChI is InChI=1S/C12H19ClN2O2S3/c1-9-10(19-11(13)15-9)20(16,17)14-8-12(18-2)6-4-3-5-7-12/h14H,3-8H2,1-2H3. The molecule has 1 aromatic heterocycles. The average Bonchev–Trinajstić information content (AvgIpc) is 2.78. The third-order valence-electron chi connectivity index (χ3n) is 3.75. The summed E-state index contributed by atoms with van der Waals surface area (Å²) in [6.45, 7) is 2.15. The van der Waals surface area contributed by atoms with E-state index in [1.165, 1.54) is 19.3 Å². The molecule has 0 amide bonds. The van der Waals surface area contributed by atoms with Crippen molar-refractivity contribution in [1.82, 2.24) is 9.71 Å². The third kappa shape index (κ3) is 3.68. The molecule has 0 aromatic carbocycles. The summed E-state index contributed by atoms with van der Waals surface area (Å²) in [7, 11) is -3.51. The minimum atomic E-state index is -3.51. The van der Waals surface area contributed by atoms with Crippen molar-refractivity contribution in [3.8, 4) is 0 Å². The number of hydrogen-bond donors (Lipinski definition) is 1. The molecule has 1 aliphatic carbocycles. The van der Waals surface area contributed by atoms with E-state index in [-0.39, 0.29) is 13.4 Å². The van der Waals surface area contributed by atoms with Gasteiger partial charge in [0.1, 0.15) is 0 Å². The lowest BCUT2D eigenvalue weighted by molar-refractivity contribution is 0.395. The Kier molecular flexibility index (Phi) is 5.40. The first-order valence-corrected chi connectivity index (χ1v) is 10.5. The number of nitrogens with one attached hydrogen (secondary N) is 1. The van der Waals surface area contributed by atoms with Crippen molar-refractivity contribution in [1.29, 1.82) is 0 Å². The molecule has 1 aromatic rings. The maximum atomic E-state index is 12.4. The van der Waals surface area contributed by atoms with Gasteiger partial charge in [0.05, 0.1) is 5.69 Å². The Hall–Kier alpha value is 0.180. The number of aryl methyl sites for hydroxylation is 1. The molecule has 0 unspecified atom stereocenters. The van der Waals surface area contributed by atoms with Crippen LogP contribution in [0.3, 0.4) is 0 Å². The van der Waals surface area contributed by atoms with Crippen LogP contribution in [-0.2, 0) is 10.0 Å². The van der Waals surface area contributed by atoms with Crippen molar-refractivity contribution < 1.29 is 8.42 Å². The first-order chi connectivity index (χ1) is 9.38. The normalized spacial score (nSPS) is 19.1. The Labute approximate surface area is 133 Å². The van der Waals surface area contributed by atoms with Crippen molar-refractivity contribution in [2.45, 2.75) is 48.0 Å². The van der Waals surface area contributed by atoms with Gasteiger partial charge in [0.25, 0.3) is 10.0 Å². The van der Waals surface area contributed by atoms with Crippen LogP contribution in [0, 0.1) is 6.92 Å². The molecule has 0 radical (unpaired) electrons. The van der Waals surface area contributed by atoms with E-state index in [1.807, 2.05) is 0 Å². The summed E-state index contributed by atoms with van der Waals surface area (Å²) in [5.41, 5.74) is 0.467. The molecule has 8 heteroatoms. The van der Waals surface area contributed by atoms with E-state index in [4.69, 9.17) is 11.6 Å². The van der Waals surface area contributed by atoms with Gasteiger partial charge in [0.2, 0.25) is 0 Å². The van der Waals surface area contributed by atoms with Gasteiger partial charge < -0.3 is 0 Å². The summed E-state index contributed by atoms with van der Waals surface area (Å²) in [6, 6.07) is 0. The van der Waals surface area contributed by atoms with Crippen molar-refractivity contribution in [2.75, 3.05) is 12.8 Å². The van der Waals surface area contributed by atoms with Gasteiger partial charge in [-0.15, -0.1) is 0 Å². The van der Waals surface area contributed by atoms with E-state index in [1.54, 1.807) is 18.7 Å². The molecule has 0 saturated heterocycles. The van der Waals surface area contributed by atoms with Crippen LogP contribution in [0.5, 0.6) is 0 Å². The highest BCUT2D eigenvalue weighted by atomic mass is 35.5. The average molecular weight is 355 g/mol. The van der Waals surface area contributed by atoms with Gasteiger partial charge in [-0.1, -0.05) is 42.2 Å². The third-order valence-corrected chi connectivity index (χ3v) is 8.45. The van der Waals surface area contributed by atoms with E-state index < -0.39 is 10.0 Å². The van der Waals surface area contributed by atoms with Crippen molar-refractivity contribution in [3.05, 3.63) is 10.2 Å². The molecule has 1 fully saturated rings. The first-order valence-electron chi connectivity index (χ1n) is 6.56. The largest absolute Gasteiger partial charge is 0.252 e. The van der Waals surface area contributed by atoms with Crippen LogP contribution in [0.4, 0.5) is 0 Å². The lowest BCUT2D eigenvalue weighted by Gasteiger charge is -2.35.